The van der Waals surface area contributed by atoms with Crippen molar-refractivity contribution in [3.8, 4) is 17.2 Å². The summed E-state index contributed by atoms with van der Waals surface area (Å²) in [6, 6.07) is 7.63. The highest BCUT2D eigenvalue weighted by atomic mass is 16.5. The highest BCUT2D eigenvalue weighted by molar-refractivity contribution is 5.55. The summed E-state index contributed by atoms with van der Waals surface area (Å²) in [4.78, 5) is 4.29. The second-order valence-electron chi connectivity index (χ2n) is 4.41. The number of oxazole rings is 1. The topological polar surface area (TPSA) is 55.5 Å². The highest BCUT2D eigenvalue weighted by Gasteiger charge is 2.10. The summed E-state index contributed by atoms with van der Waals surface area (Å²) in [5.41, 5.74) is 1.60. The SMILES string of the molecule is CCCCOc1ccc(-c2nc(C)c(CO)o2)cc1. The molecule has 1 heterocycles. The van der Waals surface area contributed by atoms with Gasteiger partial charge >= 0.3 is 0 Å². The largest absolute Gasteiger partial charge is 0.494 e. The van der Waals surface area contributed by atoms with Crippen LogP contribution in [0.2, 0.25) is 0 Å². The van der Waals surface area contributed by atoms with E-state index in [0.29, 0.717) is 11.7 Å². The number of rotatable bonds is 6. The van der Waals surface area contributed by atoms with Crippen LogP contribution in [0, 0.1) is 6.92 Å². The number of aryl methyl sites for hydroxylation is 1. The fourth-order valence-electron chi connectivity index (χ4n) is 1.73. The van der Waals surface area contributed by atoms with E-state index >= 15 is 0 Å². The molecule has 0 bridgehead atoms. The number of aromatic nitrogens is 1. The van der Waals surface area contributed by atoms with Crippen molar-refractivity contribution in [1.82, 2.24) is 4.98 Å². The lowest BCUT2D eigenvalue weighted by atomic mass is 10.2. The molecule has 2 aromatic rings. The van der Waals surface area contributed by atoms with Gasteiger partial charge in [-0.05, 0) is 37.6 Å². The third kappa shape index (κ3) is 3.35. The third-order valence-electron chi connectivity index (χ3n) is 2.90. The maximum atomic E-state index is 9.09. The van der Waals surface area contributed by atoms with E-state index in [-0.39, 0.29) is 6.61 Å². The fraction of sp³-hybridized carbons (Fsp3) is 0.400. The molecule has 4 nitrogen and oxygen atoms in total. The first-order chi connectivity index (χ1) is 9.24. The van der Waals surface area contributed by atoms with Gasteiger partial charge in [-0.2, -0.15) is 0 Å². The Kier molecular flexibility index (Phi) is 4.58. The Balaban J connectivity index is 2.08. The minimum atomic E-state index is -0.128. The molecule has 19 heavy (non-hydrogen) atoms. The van der Waals surface area contributed by atoms with E-state index < -0.39 is 0 Å². The molecule has 0 amide bonds. The first-order valence-electron chi connectivity index (χ1n) is 6.55. The Morgan fingerprint density at radius 2 is 2.00 bits per heavy atom. The van der Waals surface area contributed by atoms with Crippen LogP contribution in [-0.2, 0) is 6.61 Å². The Morgan fingerprint density at radius 1 is 1.26 bits per heavy atom. The van der Waals surface area contributed by atoms with E-state index in [4.69, 9.17) is 14.3 Å². The van der Waals surface area contributed by atoms with Crippen LogP contribution < -0.4 is 4.74 Å². The van der Waals surface area contributed by atoms with Gasteiger partial charge in [-0.15, -0.1) is 0 Å². The smallest absolute Gasteiger partial charge is 0.226 e. The summed E-state index contributed by atoms with van der Waals surface area (Å²) >= 11 is 0. The molecule has 0 aliphatic rings. The van der Waals surface area contributed by atoms with E-state index in [0.717, 1.165) is 36.5 Å². The second-order valence-corrected chi connectivity index (χ2v) is 4.41. The zero-order chi connectivity index (χ0) is 13.7. The summed E-state index contributed by atoms with van der Waals surface area (Å²) in [7, 11) is 0. The predicted molar refractivity (Wildman–Crippen MR) is 73.0 cm³/mol. The lowest BCUT2D eigenvalue weighted by Crippen LogP contribution is -1.95. The van der Waals surface area contributed by atoms with Gasteiger partial charge in [-0.3, -0.25) is 0 Å². The summed E-state index contributed by atoms with van der Waals surface area (Å²) in [5, 5.41) is 9.09. The summed E-state index contributed by atoms with van der Waals surface area (Å²) in [6.45, 7) is 4.57. The Morgan fingerprint density at radius 3 is 2.58 bits per heavy atom. The molecule has 0 atom stereocenters. The van der Waals surface area contributed by atoms with Crippen LogP contribution in [0.15, 0.2) is 28.7 Å². The van der Waals surface area contributed by atoms with Gasteiger partial charge in [0.25, 0.3) is 0 Å². The summed E-state index contributed by atoms with van der Waals surface area (Å²) < 4.78 is 11.1. The number of benzene rings is 1. The third-order valence-corrected chi connectivity index (χ3v) is 2.90. The van der Waals surface area contributed by atoms with Gasteiger partial charge in [0, 0.05) is 5.56 Å². The van der Waals surface area contributed by atoms with Crippen molar-refractivity contribution in [2.24, 2.45) is 0 Å². The predicted octanol–water partition coefficient (Wildman–Crippen LogP) is 3.32. The molecule has 1 aromatic carbocycles. The quantitative estimate of drug-likeness (QED) is 0.810. The van der Waals surface area contributed by atoms with E-state index in [1.54, 1.807) is 0 Å². The van der Waals surface area contributed by atoms with Crippen LogP contribution in [0.25, 0.3) is 11.5 Å². The van der Waals surface area contributed by atoms with Gasteiger partial charge in [-0.25, -0.2) is 4.98 Å². The van der Waals surface area contributed by atoms with E-state index in [1.165, 1.54) is 0 Å². The van der Waals surface area contributed by atoms with Gasteiger partial charge in [0.15, 0.2) is 5.76 Å². The summed E-state index contributed by atoms with van der Waals surface area (Å²) in [5.74, 6) is 1.89. The molecule has 1 aromatic heterocycles. The molecule has 0 aliphatic heterocycles. The van der Waals surface area contributed by atoms with Gasteiger partial charge in [0.05, 0.1) is 12.3 Å². The van der Waals surface area contributed by atoms with Crippen molar-refractivity contribution in [3.05, 3.63) is 35.7 Å². The van der Waals surface area contributed by atoms with E-state index in [1.807, 2.05) is 31.2 Å². The zero-order valence-corrected chi connectivity index (χ0v) is 11.3. The molecule has 102 valence electrons. The number of unbranched alkanes of at least 4 members (excludes halogenated alkanes) is 1. The Labute approximate surface area is 113 Å². The lowest BCUT2D eigenvalue weighted by molar-refractivity contribution is 0.247. The van der Waals surface area contributed by atoms with E-state index in [2.05, 4.69) is 11.9 Å². The minimum absolute atomic E-state index is 0.128. The average molecular weight is 261 g/mol. The van der Waals surface area contributed by atoms with Crippen LogP contribution >= 0.6 is 0 Å². The van der Waals surface area contributed by atoms with Crippen LogP contribution in [-0.4, -0.2) is 16.7 Å². The van der Waals surface area contributed by atoms with Gasteiger partial charge in [0.2, 0.25) is 5.89 Å². The van der Waals surface area contributed by atoms with Crippen molar-refractivity contribution in [1.29, 1.82) is 0 Å². The van der Waals surface area contributed by atoms with Gasteiger partial charge < -0.3 is 14.3 Å². The van der Waals surface area contributed by atoms with Gasteiger partial charge in [-0.1, -0.05) is 13.3 Å². The highest BCUT2D eigenvalue weighted by Crippen LogP contribution is 2.24. The zero-order valence-electron chi connectivity index (χ0n) is 11.3. The number of aliphatic hydroxyl groups excluding tert-OH is 1. The maximum absolute atomic E-state index is 9.09. The lowest BCUT2D eigenvalue weighted by Gasteiger charge is -2.05. The first kappa shape index (κ1) is 13.6. The van der Waals surface area contributed by atoms with Crippen molar-refractivity contribution < 1.29 is 14.3 Å². The van der Waals surface area contributed by atoms with Crippen molar-refractivity contribution in [3.63, 3.8) is 0 Å². The molecule has 1 N–H and O–H groups in total. The fourth-order valence-corrected chi connectivity index (χ4v) is 1.73. The number of hydrogen-bond donors (Lipinski definition) is 1. The van der Waals surface area contributed by atoms with Crippen LogP contribution in [0.5, 0.6) is 5.75 Å². The molecule has 0 aliphatic carbocycles. The second kappa shape index (κ2) is 6.38. The molecule has 0 fully saturated rings. The normalized spacial score (nSPS) is 10.7. The van der Waals surface area contributed by atoms with Crippen LogP contribution in [0.4, 0.5) is 0 Å². The van der Waals surface area contributed by atoms with Crippen molar-refractivity contribution in [2.75, 3.05) is 6.61 Å². The molecule has 4 heteroatoms. The molecule has 2 rings (SSSR count). The van der Waals surface area contributed by atoms with Crippen molar-refractivity contribution >= 4 is 0 Å². The average Bonchev–Trinajstić information content (AvgIpc) is 2.81. The Bertz CT molecular complexity index is 517. The monoisotopic (exact) mass is 261 g/mol. The molecule has 0 unspecified atom stereocenters. The number of nitrogens with zero attached hydrogens (tertiary/aromatic N) is 1. The number of aliphatic hydroxyl groups is 1. The van der Waals surface area contributed by atoms with E-state index in [9.17, 15) is 0 Å². The van der Waals surface area contributed by atoms with Crippen LogP contribution in [0.3, 0.4) is 0 Å². The molecule has 0 saturated carbocycles. The van der Waals surface area contributed by atoms with Gasteiger partial charge in [0.1, 0.15) is 12.4 Å². The minimum Gasteiger partial charge on any atom is -0.494 e. The molecular weight excluding hydrogens is 242 g/mol. The molecule has 0 saturated heterocycles. The number of hydrogen-bond acceptors (Lipinski definition) is 4. The molecule has 0 spiro atoms. The first-order valence-corrected chi connectivity index (χ1v) is 6.55. The van der Waals surface area contributed by atoms with Crippen molar-refractivity contribution in [2.45, 2.75) is 33.3 Å². The standard InChI is InChI=1S/C15H19NO3/c1-3-4-9-18-13-7-5-12(6-8-13)15-16-11(2)14(10-17)19-15/h5-8,17H,3-4,9-10H2,1-2H3. The van der Waals surface area contributed by atoms with Crippen LogP contribution in [0.1, 0.15) is 31.2 Å². The molecule has 0 radical (unpaired) electrons. The maximum Gasteiger partial charge on any atom is 0.226 e. The number of ether oxygens (including phenoxy) is 1. The molecular formula is C15H19NO3. The summed E-state index contributed by atoms with van der Waals surface area (Å²) in [6.07, 6.45) is 2.18. The Hall–Kier alpha value is -1.81.